The molecule has 1 rings (SSSR count). The lowest BCUT2D eigenvalue weighted by atomic mass is 9.87. The number of allylic oxidation sites excluding steroid dienone is 4. The molecule has 1 saturated heterocycles. The van der Waals surface area contributed by atoms with Crippen LogP contribution in [0.25, 0.3) is 0 Å². The summed E-state index contributed by atoms with van der Waals surface area (Å²) < 4.78 is 27.3. The second kappa shape index (κ2) is 13.7. The molecule has 1 heterocycles. The summed E-state index contributed by atoms with van der Waals surface area (Å²) in [7, 11) is -3.64. The maximum atomic E-state index is 12.9. The number of hydrogen-bond acceptors (Lipinski definition) is 7. The van der Waals surface area contributed by atoms with Crippen molar-refractivity contribution in [2.75, 3.05) is 32.8 Å². The van der Waals surface area contributed by atoms with Crippen LogP contribution in [0.3, 0.4) is 0 Å². The number of carbonyl (C=O) groups excluding carboxylic acids is 3. The van der Waals surface area contributed by atoms with Gasteiger partial charge in [0.15, 0.2) is 0 Å². The summed E-state index contributed by atoms with van der Waals surface area (Å²) in [5.41, 5.74) is -0.177. The molecule has 1 unspecified atom stereocenters. The smallest absolute Gasteiger partial charge is 0.287 e. The molecule has 198 valence electrons. The third kappa shape index (κ3) is 9.32. The first-order valence-electron chi connectivity index (χ1n) is 11.6. The standard InChI is InChI=1S/C24H39N3O7S/c1-6-7-19(14-17(2)3)35(33,34)27-12-9-18(10-13-27)15-26-22(31)20(29)8-11-25-23(32)21(30)24(4,5)16-28/h6-7,14,18,21,28,30H,1,8-13,15-16H2,2-5H3,(H,25,32)(H,26,31). The Labute approximate surface area is 208 Å². The van der Waals surface area contributed by atoms with Gasteiger partial charge in [0.1, 0.15) is 6.10 Å². The maximum Gasteiger partial charge on any atom is 0.287 e. The fraction of sp³-hybridized carbons (Fsp3) is 0.625. The monoisotopic (exact) mass is 513 g/mol. The molecular formula is C24H39N3O7S. The van der Waals surface area contributed by atoms with Gasteiger partial charge in [-0.3, -0.25) is 14.4 Å². The number of aliphatic hydroxyl groups excluding tert-OH is 2. The van der Waals surface area contributed by atoms with E-state index in [1.165, 1.54) is 30.3 Å². The van der Waals surface area contributed by atoms with Crippen molar-refractivity contribution in [2.45, 2.75) is 53.1 Å². The van der Waals surface area contributed by atoms with Crippen LogP contribution in [-0.4, -0.2) is 79.4 Å². The van der Waals surface area contributed by atoms with Gasteiger partial charge < -0.3 is 20.8 Å². The van der Waals surface area contributed by atoms with Gasteiger partial charge in [-0.2, -0.15) is 4.31 Å². The normalized spacial score (nSPS) is 16.8. The quantitative estimate of drug-likeness (QED) is 0.208. The van der Waals surface area contributed by atoms with E-state index in [0.29, 0.717) is 25.9 Å². The zero-order chi connectivity index (χ0) is 26.8. The summed E-state index contributed by atoms with van der Waals surface area (Å²) in [6.07, 6.45) is 3.91. The van der Waals surface area contributed by atoms with Crippen LogP contribution in [0.5, 0.6) is 0 Å². The number of carbonyl (C=O) groups is 3. The first-order chi connectivity index (χ1) is 16.3. The summed E-state index contributed by atoms with van der Waals surface area (Å²) >= 11 is 0. The van der Waals surface area contributed by atoms with E-state index in [1.54, 1.807) is 6.08 Å². The Morgan fingerprint density at radius 1 is 1.17 bits per heavy atom. The molecule has 2 amide bonds. The van der Waals surface area contributed by atoms with E-state index in [0.717, 1.165) is 5.57 Å². The molecule has 4 N–H and O–H groups in total. The van der Waals surface area contributed by atoms with Crippen molar-refractivity contribution in [3.05, 3.63) is 35.3 Å². The Balaban J connectivity index is 2.48. The van der Waals surface area contributed by atoms with E-state index in [1.807, 2.05) is 13.8 Å². The van der Waals surface area contributed by atoms with E-state index in [-0.39, 0.29) is 30.3 Å². The molecule has 0 aromatic carbocycles. The minimum Gasteiger partial charge on any atom is -0.396 e. The summed E-state index contributed by atoms with van der Waals surface area (Å²) in [5, 5.41) is 24.1. The van der Waals surface area contributed by atoms with Gasteiger partial charge >= 0.3 is 0 Å². The van der Waals surface area contributed by atoms with Crippen molar-refractivity contribution in [2.24, 2.45) is 11.3 Å². The SMILES string of the molecule is C=CC=C(C=C(C)C)S(=O)(=O)N1CCC(CNC(=O)C(=O)CCNC(=O)C(O)C(C)(C)CO)CC1. The maximum absolute atomic E-state index is 12.9. The van der Waals surface area contributed by atoms with Crippen LogP contribution in [0.15, 0.2) is 35.3 Å². The van der Waals surface area contributed by atoms with Crippen LogP contribution in [-0.2, 0) is 24.4 Å². The van der Waals surface area contributed by atoms with E-state index >= 15 is 0 Å². The van der Waals surface area contributed by atoms with Crippen molar-refractivity contribution in [1.82, 2.24) is 14.9 Å². The van der Waals surface area contributed by atoms with E-state index < -0.39 is 45.7 Å². The molecule has 1 atom stereocenters. The van der Waals surface area contributed by atoms with Gasteiger partial charge in [-0.05, 0) is 44.8 Å². The molecule has 0 saturated carbocycles. The van der Waals surface area contributed by atoms with Gasteiger partial charge in [0, 0.05) is 38.0 Å². The summed E-state index contributed by atoms with van der Waals surface area (Å²) in [6.45, 7) is 10.6. The number of aliphatic hydroxyl groups is 2. The number of nitrogens with zero attached hydrogens (tertiary/aromatic N) is 1. The second-order valence-electron chi connectivity index (χ2n) is 9.60. The molecule has 35 heavy (non-hydrogen) atoms. The number of sulfonamides is 1. The van der Waals surface area contributed by atoms with Gasteiger partial charge in [0.2, 0.25) is 21.7 Å². The fourth-order valence-corrected chi connectivity index (χ4v) is 5.04. The topological polar surface area (TPSA) is 153 Å². The van der Waals surface area contributed by atoms with Crippen LogP contribution in [0.2, 0.25) is 0 Å². The largest absolute Gasteiger partial charge is 0.396 e. The van der Waals surface area contributed by atoms with Crippen molar-refractivity contribution >= 4 is 27.6 Å². The Hall–Kier alpha value is -2.34. The molecule has 0 radical (unpaired) electrons. The number of nitrogens with one attached hydrogen (secondary N) is 2. The zero-order valence-electron chi connectivity index (χ0n) is 21.0. The van der Waals surface area contributed by atoms with Crippen LogP contribution in [0.4, 0.5) is 0 Å². The Morgan fingerprint density at radius 3 is 2.29 bits per heavy atom. The highest BCUT2D eigenvalue weighted by atomic mass is 32.2. The van der Waals surface area contributed by atoms with Crippen molar-refractivity contribution in [1.29, 1.82) is 0 Å². The Kier molecular flexibility index (Phi) is 12.0. The van der Waals surface area contributed by atoms with Gasteiger partial charge in [-0.25, -0.2) is 8.42 Å². The number of piperidine rings is 1. The average Bonchev–Trinajstić information content (AvgIpc) is 2.81. The first kappa shape index (κ1) is 30.7. The molecule has 1 aliphatic rings. The van der Waals surface area contributed by atoms with Gasteiger partial charge in [-0.1, -0.05) is 32.1 Å². The highest BCUT2D eigenvalue weighted by Crippen LogP contribution is 2.24. The average molecular weight is 514 g/mol. The second-order valence-corrected chi connectivity index (χ2v) is 11.5. The fourth-order valence-electron chi connectivity index (χ4n) is 3.40. The van der Waals surface area contributed by atoms with Crippen LogP contribution >= 0.6 is 0 Å². The van der Waals surface area contributed by atoms with Crippen LogP contribution < -0.4 is 10.6 Å². The zero-order valence-corrected chi connectivity index (χ0v) is 21.9. The third-order valence-corrected chi connectivity index (χ3v) is 7.67. The molecule has 11 heteroatoms. The summed E-state index contributed by atoms with van der Waals surface area (Å²) in [6, 6.07) is 0. The molecule has 0 aromatic heterocycles. The van der Waals surface area contributed by atoms with Gasteiger partial charge in [0.05, 0.1) is 11.5 Å². The lowest BCUT2D eigenvalue weighted by Gasteiger charge is -2.31. The molecular weight excluding hydrogens is 474 g/mol. The van der Waals surface area contributed by atoms with Crippen LogP contribution in [0.1, 0.15) is 47.0 Å². The summed E-state index contributed by atoms with van der Waals surface area (Å²) in [4.78, 5) is 36.3. The van der Waals surface area contributed by atoms with Gasteiger partial charge in [0.25, 0.3) is 5.91 Å². The number of hydrogen-bond donors (Lipinski definition) is 4. The third-order valence-electron chi connectivity index (χ3n) is 5.78. The van der Waals surface area contributed by atoms with Gasteiger partial charge in [-0.15, -0.1) is 0 Å². The van der Waals surface area contributed by atoms with Crippen molar-refractivity contribution in [3.8, 4) is 0 Å². The highest BCUT2D eigenvalue weighted by Gasteiger charge is 2.33. The van der Waals surface area contributed by atoms with Crippen molar-refractivity contribution < 1.29 is 33.0 Å². The number of rotatable bonds is 13. The number of ketones is 1. The van der Waals surface area contributed by atoms with Crippen LogP contribution in [0, 0.1) is 11.3 Å². The minimum atomic E-state index is -3.64. The predicted molar refractivity (Wildman–Crippen MR) is 133 cm³/mol. The molecule has 10 nitrogen and oxygen atoms in total. The van der Waals surface area contributed by atoms with Crippen molar-refractivity contribution in [3.63, 3.8) is 0 Å². The lowest BCUT2D eigenvalue weighted by Crippen LogP contribution is -2.46. The molecule has 1 aliphatic heterocycles. The first-order valence-corrected chi connectivity index (χ1v) is 13.1. The molecule has 0 spiro atoms. The van der Waals surface area contributed by atoms with E-state index in [9.17, 15) is 33.0 Å². The Morgan fingerprint density at radius 2 is 1.77 bits per heavy atom. The van der Waals surface area contributed by atoms with E-state index in [4.69, 9.17) is 0 Å². The Bertz CT molecular complexity index is 942. The highest BCUT2D eigenvalue weighted by molar-refractivity contribution is 7.93. The van der Waals surface area contributed by atoms with E-state index in [2.05, 4.69) is 17.2 Å². The summed E-state index contributed by atoms with van der Waals surface area (Å²) in [5.74, 6) is -2.17. The molecule has 0 aromatic rings. The lowest BCUT2D eigenvalue weighted by molar-refractivity contribution is -0.139. The minimum absolute atomic E-state index is 0.0315. The molecule has 1 fully saturated rings. The predicted octanol–water partition coefficient (Wildman–Crippen LogP) is 0.635. The number of amides is 2. The number of Topliss-reactive ketones (excluding diaryl/α,β-unsaturated/α-hetero) is 1. The molecule has 0 aliphatic carbocycles. The molecule has 0 bridgehead atoms.